The van der Waals surface area contributed by atoms with Gasteiger partial charge in [0.2, 0.25) is 0 Å². The molecule has 0 spiro atoms. The molecule has 146 valence electrons. The van der Waals surface area contributed by atoms with E-state index in [0.717, 1.165) is 49.6 Å². The lowest BCUT2D eigenvalue weighted by Gasteiger charge is -2.40. The molecule has 3 heterocycles. The second-order valence-electron chi connectivity index (χ2n) is 6.99. The summed E-state index contributed by atoms with van der Waals surface area (Å²) in [6, 6.07) is 9.36. The van der Waals surface area contributed by atoms with Gasteiger partial charge in [0, 0.05) is 37.8 Å². The number of piperidine rings is 1. The molecule has 8 heteroatoms. The van der Waals surface area contributed by atoms with Gasteiger partial charge in [-0.1, -0.05) is 11.6 Å². The number of rotatable bonds is 4. The normalized spacial score (nSPS) is 17.8. The van der Waals surface area contributed by atoms with Crippen LogP contribution < -0.4 is 10.2 Å². The van der Waals surface area contributed by atoms with Crippen molar-refractivity contribution >= 4 is 39.5 Å². The van der Waals surface area contributed by atoms with Crippen LogP contribution >= 0.6 is 22.9 Å². The van der Waals surface area contributed by atoms with Crippen LogP contribution in [0.3, 0.4) is 0 Å². The fourth-order valence-electron chi connectivity index (χ4n) is 3.76. The number of halogens is 2. The number of aliphatic imine (C=N–C) groups is 1. The minimum Gasteiger partial charge on any atom is -0.340 e. The van der Waals surface area contributed by atoms with Crippen molar-refractivity contribution in [3.8, 4) is 6.07 Å². The summed E-state index contributed by atoms with van der Waals surface area (Å²) in [6.45, 7) is 3.51. The molecule has 28 heavy (non-hydrogen) atoms. The van der Waals surface area contributed by atoms with Gasteiger partial charge in [0.15, 0.2) is 0 Å². The summed E-state index contributed by atoms with van der Waals surface area (Å²) in [4.78, 5) is 9.52. The van der Waals surface area contributed by atoms with Gasteiger partial charge in [0.1, 0.15) is 23.3 Å². The number of thiophene rings is 1. The smallest absolute Gasteiger partial charge is 0.141 e. The molecule has 0 saturated carbocycles. The molecule has 0 unspecified atom stereocenters. The number of hydrogen-bond acceptors (Lipinski definition) is 6. The van der Waals surface area contributed by atoms with E-state index in [1.165, 1.54) is 11.1 Å². The van der Waals surface area contributed by atoms with E-state index in [-0.39, 0.29) is 5.02 Å². The highest BCUT2D eigenvalue weighted by molar-refractivity contribution is 7.14. The van der Waals surface area contributed by atoms with Gasteiger partial charge in [-0.05, 0) is 42.5 Å². The summed E-state index contributed by atoms with van der Waals surface area (Å²) in [5.41, 5.74) is 1.80. The van der Waals surface area contributed by atoms with Crippen molar-refractivity contribution in [1.29, 1.82) is 5.26 Å². The summed E-state index contributed by atoms with van der Waals surface area (Å²) in [6.07, 6.45) is 2.75. The summed E-state index contributed by atoms with van der Waals surface area (Å²) in [5, 5.41) is 15.5. The third-order valence-electron chi connectivity index (χ3n) is 5.26. The second-order valence-corrected chi connectivity index (χ2v) is 8.29. The van der Waals surface area contributed by atoms with Gasteiger partial charge in [0.05, 0.1) is 16.7 Å². The predicted octanol–water partition coefficient (Wildman–Crippen LogP) is 4.55. The molecule has 2 aliphatic heterocycles. The Balaban J connectivity index is 1.45. The summed E-state index contributed by atoms with van der Waals surface area (Å²) >= 11 is 7.62. The maximum Gasteiger partial charge on any atom is 0.141 e. The van der Waals surface area contributed by atoms with E-state index >= 15 is 0 Å². The average molecular weight is 418 g/mol. The zero-order valence-corrected chi connectivity index (χ0v) is 16.9. The van der Waals surface area contributed by atoms with E-state index < -0.39 is 5.82 Å². The van der Waals surface area contributed by atoms with Gasteiger partial charge in [-0.2, -0.15) is 5.26 Å². The highest BCUT2D eigenvalue weighted by atomic mass is 35.5. The number of nitriles is 1. The Hall–Kier alpha value is -2.14. The Bertz CT molecular complexity index is 914. The van der Waals surface area contributed by atoms with Gasteiger partial charge in [-0.3, -0.25) is 0 Å². The van der Waals surface area contributed by atoms with Crippen LogP contribution in [0.25, 0.3) is 0 Å². The zero-order valence-electron chi connectivity index (χ0n) is 15.4. The summed E-state index contributed by atoms with van der Waals surface area (Å²) in [7, 11) is 0. The Kier molecular flexibility index (Phi) is 5.81. The molecule has 2 aromatic rings. The van der Waals surface area contributed by atoms with Gasteiger partial charge in [-0.15, -0.1) is 11.3 Å². The minimum atomic E-state index is -0.429. The predicted molar refractivity (Wildman–Crippen MR) is 113 cm³/mol. The van der Waals surface area contributed by atoms with Gasteiger partial charge >= 0.3 is 0 Å². The largest absolute Gasteiger partial charge is 0.340 e. The van der Waals surface area contributed by atoms with E-state index in [4.69, 9.17) is 21.9 Å². The molecule has 0 bridgehead atoms. The Labute approximate surface area is 173 Å². The standard InChI is InChI=1S/C20H21ClFN5S/c21-17-12-14(2-3-18(17)22)25-19-16-6-11-28-20(16)27(13-24-19)15-4-9-26(10-5-15)8-1-7-23/h2-3,6,11-12,15H,1,4-5,8-10,13H2,(H,24,25). The lowest BCUT2D eigenvalue weighted by Crippen LogP contribution is -2.46. The first kappa shape index (κ1) is 19.2. The van der Waals surface area contributed by atoms with E-state index in [1.807, 2.05) is 0 Å². The molecular weight excluding hydrogens is 397 g/mol. The third kappa shape index (κ3) is 4.00. The van der Waals surface area contributed by atoms with Gasteiger partial charge in [0.25, 0.3) is 0 Å². The maximum absolute atomic E-state index is 13.4. The maximum atomic E-state index is 13.4. The Morgan fingerprint density at radius 3 is 2.89 bits per heavy atom. The number of nitrogens with zero attached hydrogens (tertiary/aromatic N) is 4. The average Bonchev–Trinajstić information content (AvgIpc) is 3.20. The first-order valence-corrected chi connectivity index (χ1v) is 10.6. The monoisotopic (exact) mass is 417 g/mol. The molecule has 5 nitrogen and oxygen atoms in total. The number of nitrogens with one attached hydrogen (secondary N) is 1. The van der Waals surface area contributed by atoms with Crippen LogP contribution in [0.2, 0.25) is 5.02 Å². The van der Waals surface area contributed by atoms with Crippen molar-refractivity contribution in [3.63, 3.8) is 0 Å². The molecule has 1 N–H and O–H groups in total. The number of anilines is 2. The topological polar surface area (TPSA) is 54.7 Å². The molecule has 1 saturated heterocycles. The Morgan fingerprint density at radius 2 is 2.14 bits per heavy atom. The quantitative estimate of drug-likeness (QED) is 0.792. The molecule has 1 aromatic heterocycles. The fourth-order valence-corrected chi connectivity index (χ4v) is 4.91. The molecular formula is C20H21ClFN5S. The van der Waals surface area contributed by atoms with Crippen molar-refractivity contribution in [2.24, 2.45) is 4.99 Å². The van der Waals surface area contributed by atoms with Gasteiger partial charge < -0.3 is 15.1 Å². The summed E-state index contributed by atoms with van der Waals surface area (Å²) in [5.74, 6) is 0.364. The van der Waals surface area contributed by atoms with E-state index in [0.29, 0.717) is 19.1 Å². The lowest BCUT2D eigenvalue weighted by molar-refractivity contribution is 0.213. The van der Waals surface area contributed by atoms with Crippen LogP contribution in [-0.4, -0.2) is 43.1 Å². The van der Waals surface area contributed by atoms with E-state index in [1.54, 1.807) is 23.5 Å². The number of amidine groups is 1. The van der Waals surface area contributed by atoms with Crippen LogP contribution in [0.1, 0.15) is 24.8 Å². The lowest BCUT2D eigenvalue weighted by atomic mass is 10.0. The highest BCUT2D eigenvalue weighted by Gasteiger charge is 2.30. The number of fused-ring (bicyclic) bond motifs is 1. The second kappa shape index (κ2) is 8.48. The first-order valence-electron chi connectivity index (χ1n) is 9.36. The summed E-state index contributed by atoms with van der Waals surface area (Å²) < 4.78 is 13.4. The molecule has 0 aliphatic carbocycles. The van der Waals surface area contributed by atoms with Crippen molar-refractivity contribution < 1.29 is 4.39 Å². The molecule has 0 atom stereocenters. The van der Waals surface area contributed by atoms with Crippen molar-refractivity contribution in [3.05, 3.63) is 46.0 Å². The molecule has 2 aliphatic rings. The molecule has 0 radical (unpaired) electrons. The van der Waals surface area contributed by atoms with Crippen molar-refractivity contribution in [2.45, 2.75) is 25.3 Å². The van der Waals surface area contributed by atoms with Crippen molar-refractivity contribution in [1.82, 2.24) is 4.90 Å². The van der Waals surface area contributed by atoms with E-state index in [9.17, 15) is 4.39 Å². The number of likely N-dealkylation sites (tertiary alicyclic amines) is 1. The van der Waals surface area contributed by atoms with E-state index in [2.05, 4.69) is 32.6 Å². The Morgan fingerprint density at radius 1 is 1.32 bits per heavy atom. The zero-order chi connectivity index (χ0) is 19.5. The highest BCUT2D eigenvalue weighted by Crippen LogP contribution is 2.35. The van der Waals surface area contributed by atoms with Crippen LogP contribution in [0.4, 0.5) is 15.1 Å². The fraction of sp³-hybridized carbons (Fsp3) is 0.400. The number of hydrogen-bond donors (Lipinski definition) is 1. The van der Waals surface area contributed by atoms with Crippen LogP contribution in [-0.2, 0) is 0 Å². The van der Waals surface area contributed by atoms with Crippen LogP contribution in [0.5, 0.6) is 0 Å². The third-order valence-corrected chi connectivity index (χ3v) is 6.50. The van der Waals surface area contributed by atoms with Gasteiger partial charge in [-0.25, -0.2) is 9.38 Å². The molecule has 4 rings (SSSR count). The van der Waals surface area contributed by atoms with Crippen LogP contribution in [0, 0.1) is 17.1 Å². The molecule has 1 fully saturated rings. The minimum absolute atomic E-state index is 0.0942. The SMILES string of the molecule is N#CCCN1CCC(N2CN=C(Nc3ccc(F)c(Cl)c3)c3ccsc32)CC1. The van der Waals surface area contributed by atoms with Crippen LogP contribution in [0.15, 0.2) is 34.6 Å². The molecule has 0 amide bonds. The molecule has 1 aromatic carbocycles. The first-order chi connectivity index (χ1) is 13.7. The number of benzene rings is 1. The van der Waals surface area contributed by atoms with Crippen molar-refractivity contribution in [2.75, 3.05) is 36.5 Å².